The fourth-order valence-corrected chi connectivity index (χ4v) is 1.34. The molecule has 106 valence electrons. The Balaban J connectivity index is 1.92. The molecule has 0 aliphatic rings. The van der Waals surface area contributed by atoms with Gasteiger partial charge in [0.15, 0.2) is 0 Å². The van der Waals surface area contributed by atoms with Gasteiger partial charge in [0.25, 0.3) is 0 Å². The van der Waals surface area contributed by atoms with Gasteiger partial charge in [-0.05, 0) is 34.7 Å². The third kappa shape index (κ3) is 4.23. The summed E-state index contributed by atoms with van der Waals surface area (Å²) in [6, 6.07) is 4.78. The zero-order chi connectivity index (χ0) is 14.6. The van der Waals surface area contributed by atoms with Gasteiger partial charge in [0.1, 0.15) is 18.6 Å². The monoisotopic (exact) mass is 287 g/mol. The van der Waals surface area contributed by atoms with Crippen LogP contribution in [0.25, 0.3) is 0 Å². The Labute approximate surface area is 110 Å². The van der Waals surface area contributed by atoms with E-state index in [0.29, 0.717) is 5.69 Å². The molecule has 1 heterocycles. The summed E-state index contributed by atoms with van der Waals surface area (Å²) < 4.78 is 40.8. The van der Waals surface area contributed by atoms with Crippen LogP contribution in [0, 0.1) is 0 Å². The predicted octanol–water partition coefficient (Wildman–Crippen LogP) is 1.21. The first-order valence-electron chi connectivity index (χ1n) is 5.29. The van der Waals surface area contributed by atoms with Gasteiger partial charge < -0.3 is 10.1 Å². The van der Waals surface area contributed by atoms with Crippen molar-refractivity contribution >= 4 is 11.6 Å². The number of tetrazole rings is 1. The number of benzene rings is 1. The maximum atomic E-state index is 12.0. The maximum absolute atomic E-state index is 12.0. The smallest absolute Gasteiger partial charge is 0.406 e. The van der Waals surface area contributed by atoms with Gasteiger partial charge in [-0.3, -0.25) is 4.79 Å². The van der Waals surface area contributed by atoms with Crippen molar-refractivity contribution in [2.75, 3.05) is 5.32 Å². The van der Waals surface area contributed by atoms with Gasteiger partial charge >= 0.3 is 6.36 Å². The third-order valence-corrected chi connectivity index (χ3v) is 2.07. The van der Waals surface area contributed by atoms with Crippen LogP contribution in [0.15, 0.2) is 30.6 Å². The molecular weight excluding hydrogens is 279 g/mol. The summed E-state index contributed by atoms with van der Waals surface area (Å²) in [4.78, 5) is 11.6. The molecule has 0 radical (unpaired) electrons. The molecule has 2 rings (SSSR count). The maximum Gasteiger partial charge on any atom is 0.573 e. The van der Waals surface area contributed by atoms with Crippen molar-refractivity contribution in [1.82, 2.24) is 20.2 Å². The Morgan fingerprint density at radius 1 is 1.30 bits per heavy atom. The Morgan fingerprint density at radius 3 is 2.55 bits per heavy atom. The van der Waals surface area contributed by atoms with Crippen molar-refractivity contribution < 1.29 is 22.7 Å². The molecule has 1 aromatic carbocycles. The Morgan fingerprint density at radius 2 is 2.00 bits per heavy atom. The first-order chi connectivity index (χ1) is 9.42. The van der Waals surface area contributed by atoms with Gasteiger partial charge in [-0.1, -0.05) is 0 Å². The van der Waals surface area contributed by atoms with Crippen LogP contribution in [0.4, 0.5) is 18.9 Å². The minimum absolute atomic E-state index is 0.103. The van der Waals surface area contributed by atoms with E-state index in [1.165, 1.54) is 23.1 Å². The summed E-state index contributed by atoms with van der Waals surface area (Å²) in [5.74, 6) is -0.780. The van der Waals surface area contributed by atoms with E-state index in [1.807, 2.05) is 0 Å². The van der Waals surface area contributed by atoms with Crippen LogP contribution in [0.3, 0.4) is 0 Å². The first kappa shape index (κ1) is 13.8. The second kappa shape index (κ2) is 5.55. The van der Waals surface area contributed by atoms with E-state index in [1.54, 1.807) is 0 Å². The van der Waals surface area contributed by atoms with Gasteiger partial charge in [0.2, 0.25) is 5.91 Å². The number of halogens is 3. The SMILES string of the molecule is O=C(Cn1cnnn1)Nc1ccc(OC(F)(F)F)cc1. The highest BCUT2D eigenvalue weighted by molar-refractivity contribution is 5.90. The average Bonchev–Trinajstić information content (AvgIpc) is 2.82. The molecule has 1 aromatic heterocycles. The number of carbonyl (C=O) groups excluding carboxylic acids is 1. The Bertz CT molecular complexity index is 568. The number of hydrogen-bond acceptors (Lipinski definition) is 5. The van der Waals surface area contributed by atoms with Crippen LogP contribution in [-0.4, -0.2) is 32.5 Å². The largest absolute Gasteiger partial charge is 0.573 e. The van der Waals surface area contributed by atoms with Gasteiger partial charge in [-0.15, -0.1) is 18.3 Å². The molecule has 0 aliphatic heterocycles. The van der Waals surface area contributed by atoms with E-state index in [-0.39, 0.29) is 12.3 Å². The number of rotatable bonds is 4. The van der Waals surface area contributed by atoms with Crippen molar-refractivity contribution in [3.05, 3.63) is 30.6 Å². The van der Waals surface area contributed by atoms with Crippen molar-refractivity contribution in [1.29, 1.82) is 0 Å². The van der Waals surface area contributed by atoms with E-state index >= 15 is 0 Å². The van der Waals surface area contributed by atoms with Gasteiger partial charge in [0, 0.05) is 5.69 Å². The second-order valence-electron chi connectivity index (χ2n) is 3.63. The summed E-state index contributed by atoms with van der Waals surface area (Å²) in [5.41, 5.74) is 0.331. The second-order valence-corrected chi connectivity index (χ2v) is 3.63. The topological polar surface area (TPSA) is 81.9 Å². The standard InChI is InChI=1S/C10H8F3N5O2/c11-10(12,13)20-8-3-1-7(2-4-8)15-9(19)5-18-6-14-16-17-18/h1-4,6H,5H2,(H,15,19). The van der Waals surface area contributed by atoms with Crippen LogP contribution in [0.5, 0.6) is 5.75 Å². The number of carbonyl (C=O) groups is 1. The molecule has 20 heavy (non-hydrogen) atoms. The predicted molar refractivity (Wildman–Crippen MR) is 59.6 cm³/mol. The van der Waals surface area contributed by atoms with E-state index in [0.717, 1.165) is 12.1 Å². The molecule has 2 aromatic rings. The van der Waals surface area contributed by atoms with Crippen molar-refractivity contribution in [2.24, 2.45) is 0 Å². The van der Waals surface area contributed by atoms with Gasteiger partial charge in [-0.2, -0.15) is 0 Å². The molecule has 0 aliphatic carbocycles. The number of alkyl halides is 3. The Kier molecular flexibility index (Phi) is 3.82. The van der Waals surface area contributed by atoms with Gasteiger partial charge in [0.05, 0.1) is 0 Å². The van der Waals surface area contributed by atoms with E-state index in [4.69, 9.17) is 0 Å². The lowest BCUT2D eigenvalue weighted by Crippen LogP contribution is -2.19. The number of nitrogens with zero attached hydrogens (tertiary/aromatic N) is 4. The highest BCUT2D eigenvalue weighted by Gasteiger charge is 2.30. The van der Waals surface area contributed by atoms with Crippen LogP contribution in [0.1, 0.15) is 0 Å². The molecule has 0 bridgehead atoms. The molecule has 10 heteroatoms. The summed E-state index contributed by atoms with van der Waals surface area (Å²) >= 11 is 0. The summed E-state index contributed by atoms with van der Waals surface area (Å²) in [6.07, 6.45) is -3.48. The fourth-order valence-electron chi connectivity index (χ4n) is 1.34. The number of anilines is 1. The van der Waals surface area contributed by atoms with E-state index in [9.17, 15) is 18.0 Å². The molecule has 7 nitrogen and oxygen atoms in total. The quantitative estimate of drug-likeness (QED) is 0.914. The zero-order valence-corrected chi connectivity index (χ0v) is 9.83. The molecule has 1 amide bonds. The fraction of sp³-hybridized carbons (Fsp3) is 0.200. The lowest BCUT2D eigenvalue weighted by atomic mass is 10.3. The summed E-state index contributed by atoms with van der Waals surface area (Å²) in [6.45, 7) is -0.103. The van der Waals surface area contributed by atoms with Crippen molar-refractivity contribution in [3.8, 4) is 5.75 Å². The summed E-state index contributed by atoms with van der Waals surface area (Å²) in [7, 11) is 0. The molecule has 0 atom stereocenters. The lowest BCUT2D eigenvalue weighted by Gasteiger charge is -2.09. The lowest BCUT2D eigenvalue weighted by molar-refractivity contribution is -0.274. The zero-order valence-electron chi connectivity index (χ0n) is 9.83. The number of amides is 1. The highest BCUT2D eigenvalue weighted by atomic mass is 19.4. The molecular formula is C10H8F3N5O2. The molecule has 0 spiro atoms. The van der Waals surface area contributed by atoms with E-state index < -0.39 is 12.3 Å². The van der Waals surface area contributed by atoms with Crippen molar-refractivity contribution in [3.63, 3.8) is 0 Å². The van der Waals surface area contributed by atoms with Gasteiger partial charge in [-0.25, -0.2) is 4.68 Å². The molecule has 0 fully saturated rings. The number of ether oxygens (including phenoxy) is 1. The highest BCUT2D eigenvalue weighted by Crippen LogP contribution is 2.23. The molecule has 0 saturated heterocycles. The first-order valence-corrected chi connectivity index (χ1v) is 5.29. The molecule has 0 saturated carbocycles. The van der Waals surface area contributed by atoms with Crippen molar-refractivity contribution in [2.45, 2.75) is 12.9 Å². The Hall–Kier alpha value is -2.65. The normalized spacial score (nSPS) is 11.2. The third-order valence-electron chi connectivity index (χ3n) is 2.07. The van der Waals surface area contributed by atoms with Crippen LogP contribution < -0.4 is 10.1 Å². The minimum atomic E-state index is -4.75. The number of aromatic nitrogens is 4. The summed E-state index contributed by atoms with van der Waals surface area (Å²) in [5, 5.41) is 12.7. The van der Waals surface area contributed by atoms with E-state index in [2.05, 4.69) is 25.6 Å². The van der Waals surface area contributed by atoms with Crippen LogP contribution in [-0.2, 0) is 11.3 Å². The molecule has 1 N–H and O–H groups in total. The molecule has 0 unspecified atom stereocenters. The number of hydrogen-bond donors (Lipinski definition) is 1. The average molecular weight is 287 g/mol. The van der Waals surface area contributed by atoms with Crippen LogP contribution in [0.2, 0.25) is 0 Å². The number of nitrogens with one attached hydrogen (secondary N) is 1. The minimum Gasteiger partial charge on any atom is -0.406 e. The van der Waals surface area contributed by atoms with Crippen LogP contribution >= 0.6 is 0 Å².